The number of aromatic nitrogens is 4. The lowest BCUT2D eigenvalue weighted by molar-refractivity contribution is 0.0696. The van der Waals surface area contributed by atoms with E-state index in [0.717, 1.165) is 0 Å². The van der Waals surface area contributed by atoms with E-state index in [9.17, 15) is 4.79 Å². The van der Waals surface area contributed by atoms with Crippen molar-refractivity contribution < 1.29 is 14.6 Å². The molecule has 0 amide bonds. The molecular formula is C11H10Cl2N4O3S. The number of tetrazole rings is 1. The number of carboxylic acid groups (broad SMARTS) is 1. The van der Waals surface area contributed by atoms with E-state index in [2.05, 4.69) is 28.2 Å². The Hall–Kier alpha value is -1.51. The number of ether oxygens (including phenoxy) is 1. The Morgan fingerprint density at radius 2 is 2.19 bits per heavy atom. The number of aromatic carboxylic acids is 1. The van der Waals surface area contributed by atoms with E-state index < -0.39 is 5.97 Å². The molecule has 10 heteroatoms. The lowest BCUT2D eigenvalue weighted by Gasteiger charge is -2.11. The van der Waals surface area contributed by atoms with Gasteiger partial charge in [0.05, 0.1) is 27.9 Å². The minimum Gasteiger partial charge on any atom is -0.488 e. The summed E-state index contributed by atoms with van der Waals surface area (Å²) < 4.78 is 6.99. The van der Waals surface area contributed by atoms with E-state index in [0.29, 0.717) is 18.1 Å². The highest BCUT2D eigenvalue weighted by Crippen LogP contribution is 2.35. The number of halogens is 2. The van der Waals surface area contributed by atoms with Crippen LogP contribution in [0.3, 0.4) is 0 Å². The first kappa shape index (κ1) is 15.9. The summed E-state index contributed by atoms with van der Waals surface area (Å²) in [6.07, 6.45) is 0. The van der Waals surface area contributed by atoms with Gasteiger partial charge in [-0.25, -0.2) is 9.48 Å². The first-order valence-electron chi connectivity index (χ1n) is 5.74. The Labute approximate surface area is 135 Å². The maximum absolute atomic E-state index is 11.0. The highest BCUT2D eigenvalue weighted by atomic mass is 35.5. The molecule has 0 aliphatic rings. The van der Waals surface area contributed by atoms with E-state index >= 15 is 0 Å². The first-order valence-corrected chi connectivity index (χ1v) is 7.13. The van der Waals surface area contributed by atoms with Crippen molar-refractivity contribution in [1.29, 1.82) is 0 Å². The average molecular weight is 349 g/mol. The fourth-order valence-corrected chi connectivity index (χ4v) is 2.36. The van der Waals surface area contributed by atoms with E-state index in [1.807, 2.05) is 0 Å². The van der Waals surface area contributed by atoms with Gasteiger partial charge in [-0.2, -0.15) is 12.6 Å². The Kier molecular flexibility index (Phi) is 5.27. The van der Waals surface area contributed by atoms with Crippen molar-refractivity contribution in [1.82, 2.24) is 20.2 Å². The van der Waals surface area contributed by atoms with Crippen molar-refractivity contribution in [3.63, 3.8) is 0 Å². The van der Waals surface area contributed by atoms with E-state index in [4.69, 9.17) is 33.0 Å². The van der Waals surface area contributed by atoms with Crippen molar-refractivity contribution in [2.45, 2.75) is 12.3 Å². The predicted octanol–water partition coefficient (Wildman–Crippen LogP) is 2.19. The number of hydrogen-bond acceptors (Lipinski definition) is 6. The highest BCUT2D eigenvalue weighted by Gasteiger charge is 2.17. The van der Waals surface area contributed by atoms with Crippen LogP contribution in [0.5, 0.6) is 5.75 Å². The molecule has 0 unspecified atom stereocenters. The molecule has 0 saturated carbocycles. The second-order valence-electron chi connectivity index (χ2n) is 3.87. The molecule has 0 spiro atoms. The molecule has 112 valence electrons. The third kappa shape index (κ3) is 3.58. The molecule has 0 aliphatic heterocycles. The number of carbonyl (C=O) groups is 1. The molecule has 1 N–H and O–H groups in total. The first-order chi connectivity index (χ1) is 10.0. The van der Waals surface area contributed by atoms with Gasteiger partial charge in [0, 0.05) is 0 Å². The van der Waals surface area contributed by atoms with Gasteiger partial charge in [0.1, 0.15) is 6.61 Å². The number of nitrogens with zero attached hydrogens (tertiary/aromatic N) is 4. The van der Waals surface area contributed by atoms with Gasteiger partial charge in [-0.15, -0.1) is 5.10 Å². The van der Waals surface area contributed by atoms with Gasteiger partial charge in [0.25, 0.3) is 0 Å². The van der Waals surface area contributed by atoms with Crippen LogP contribution in [0.4, 0.5) is 0 Å². The van der Waals surface area contributed by atoms with Crippen LogP contribution in [0, 0.1) is 0 Å². The lowest BCUT2D eigenvalue weighted by atomic mass is 10.2. The zero-order chi connectivity index (χ0) is 15.4. The monoisotopic (exact) mass is 348 g/mol. The van der Waals surface area contributed by atoms with Crippen molar-refractivity contribution in [3.05, 3.63) is 33.6 Å². The third-order valence-electron chi connectivity index (χ3n) is 2.58. The van der Waals surface area contributed by atoms with Crippen molar-refractivity contribution in [3.8, 4) is 5.75 Å². The Morgan fingerprint density at radius 3 is 2.86 bits per heavy atom. The summed E-state index contributed by atoms with van der Waals surface area (Å²) >= 11 is 16.0. The molecule has 0 saturated heterocycles. The number of carboxylic acids is 1. The van der Waals surface area contributed by atoms with Crippen LogP contribution in [0.15, 0.2) is 12.1 Å². The predicted molar refractivity (Wildman–Crippen MR) is 79.4 cm³/mol. The number of benzene rings is 1. The van der Waals surface area contributed by atoms with Gasteiger partial charge in [-0.1, -0.05) is 23.2 Å². The fraction of sp³-hybridized carbons (Fsp3) is 0.273. The maximum atomic E-state index is 11.0. The van der Waals surface area contributed by atoms with Gasteiger partial charge in [0.2, 0.25) is 0 Å². The molecule has 0 bridgehead atoms. The molecule has 21 heavy (non-hydrogen) atoms. The maximum Gasteiger partial charge on any atom is 0.337 e. The molecule has 2 aromatic rings. The highest BCUT2D eigenvalue weighted by molar-refractivity contribution is 7.79. The molecule has 0 fully saturated rings. The standard InChI is InChI=1S/C11H10Cl2N4O3S/c12-7-2-1-6(11(18)19)9(13)10(7)20-4-3-17-8(5-21)14-15-16-17/h1-2,21H,3-5H2,(H,18,19). The van der Waals surface area contributed by atoms with Crippen LogP contribution in [-0.4, -0.2) is 37.9 Å². The Morgan fingerprint density at radius 1 is 1.43 bits per heavy atom. The van der Waals surface area contributed by atoms with Crippen molar-refractivity contribution in [2.75, 3.05) is 6.61 Å². The topological polar surface area (TPSA) is 90.1 Å². The molecule has 0 atom stereocenters. The second-order valence-corrected chi connectivity index (χ2v) is 4.97. The van der Waals surface area contributed by atoms with Gasteiger partial charge in [0.15, 0.2) is 11.6 Å². The van der Waals surface area contributed by atoms with Crippen LogP contribution >= 0.6 is 35.8 Å². The van der Waals surface area contributed by atoms with Gasteiger partial charge >= 0.3 is 5.97 Å². The quantitative estimate of drug-likeness (QED) is 0.777. The minimum atomic E-state index is -1.15. The number of thiol groups is 1. The number of hydrogen-bond donors (Lipinski definition) is 2. The molecule has 1 aromatic heterocycles. The van der Waals surface area contributed by atoms with Gasteiger partial charge in [-0.3, -0.25) is 0 Å². The lowest BCUT2D eigenvalue weighted by Crippen LogP contribution is -2.13. The van der Waals surface area contributed by atoms with E-state index in [-0.39, 0.29) is 28.0 Å². The van der Waals surface area contributed by atoms with Gasteiger partial charge < -0.3 is 9.84 Å². The van der Waals surface area contributed by atoms with Crippen LogP contribution < -0.4 is 4.74 Å². The summed E-state index contributed by atoms with van der Waals surface area (Å²) in [7, 11) is 0. The summed E-state index contributed by atoms with van der Waals surface area (Å²) in [4.78, 5) is 11.0. The van der Waals surface area contributed by atoms with Gasteiger partial charge in [-0.05, 0) is 22.6 Å². The smallest absolute Gasteiger partial charge is 0.337 e. The molecule has 0 radical (unpaired) electrons. The Bertz CT molecular complexity index is 665. The third-order valence-corrected chi connectivity index (χ3v) is 3.53. The SMILES string of the molecule is O=C(O)c1ccc(Cl)c(OCCn2nnnc2CS)c1Cl. The average Bonchev–Trinajstić information content (AvgIpc) is 2.89. The zero-order valence-corrected chi connectivity index (χ0v) is 12.9. The van der Waals surface area contributed by atoms with Crippen molar-refractivity contribution >= 4 is 41.8 Å². The van der Waals surface area contributed by atoms with Crippen LogP contribution in [0.2, 0.25) is 10.0 Å². The summed E-state index contributed by atoms with van der Waals surface area (Å²) in [5, 5.41) is 20.3. The van der Waals surface area contributed by atoms with Crippen LogP contribution in [0.1, 0.15) is 16.2 Å². The van der Waals surface area contributed by atoms with Crippen molar-refractivity contribution in [2.24, 2.45) is 0 Å². The molecular weight excluding hydrogens is 339 g/mol. The summed E-state index contributed by atoms with van der Waals surface area (Å²) in [5.41, 5.74) is -0.0745. The molecule has 0 aliphatic carbocycles. The summed E-state index contributed by atoms with van der Waals surface area (Å²) in [6.45, 7) is 0.529. The molecule has 2 rings (SSSR count). The largest absolute Gasteiger partial charge is 0.488 e. The molecule has 1 aromatic carbocycles. The zero-order valence-electron chi connectivity index (χ0n) is 10.5. The minimum absolute atomic E-state index is 0.0406. The van der Waals surface area contributed by atoms with Crippen LogP contribution in [-0.2, 0) is 12.3 Å². The normalized spacial score (nSPS) is 10.6. The Balaban J connectivity index is 2.10. The van der Waals surface area contributed by atoms with E-state index in [1.165, 1.54) is 16.8 Å². The second kappa shape index (κ2) is 6.97. The van der Waals surface area contributed by atoms with E-state index in [1.54, 1.807) is 0 Å². The molecule has 7 nitrogen and oxygen atoms in total. The molecule has 1 heterocycles. The summed E-state index contributed by atoms with van der Waals surface area (Å²) in [6, 6.07) is 2.74. The van der Waals surface area contributed by atoms with Crippen LogP contribution in [0.25, 0.3) is 0 Å². The summed E-state index contributed by atoms with van der Waals surface area (Å²) in [5.74, 6) is -0.0419. The number of rotatable bonds is 6. The fourth-order valence-electron chi connectivity index (χ4n) is 1.57.